The van der Waals surface area contributed by atoms with Gasteiger partial charge in [0, 0.05) is 16.2 Å². The van der Waals surface area contributed by atoms with Crippen LogP contribution in [0, 0.1) is 0 Å². The van der Waals surface area contributed by atoms with Crippen LogP contribution in [0.1, 0.15) is 9.67 Å². The lowest BCUT2D eigenvalue weighted by molar-refractivity contribution is 0.0702. The molecule has 0 fully saturated rings. The molecule has 0 saturated carbocycles. The minimum atomic E-state index is -1.02. The zero-order chi connectivity index (χ0) is 11.3. The first-order valence-electron chi connectivity index (χ1n) is 4.42. The fraction of sp³-hybridized carbons (Fsp3) is 0.100. The summed E-state index contributed by atoms with van der Waals surface area (Å²) < 4.78 is 11.2. The van der Waals surface area contributed by atoms with E-state index in [-0.39, 0.29) is 16.7 Å². The van der Waals surface area contributed by atoms with Crippen LogP contribution in [-0.4, -0.2) is 17.9 Å². The van der Waals surface area contributed by atoms with Gasteiger partial charge in [-0.25, -0.2) is 4.79 Å². The zero-order valence-corrected chi connectivity index (χ0v) is 9.39. The highest BCUT2D eigenvalue weighted by Crippen LogP contribution is 2.43. The minimum Gasteiger partial charge on any atom is -0.477 e. The van der Waals surface area contributed by atoms with Gasteiger partial charge in [0.1, 0.15) is 4.88 Å². The van der Waals surface area contributed by atoms with Crippen molar-refractivity contribution in [2.45, 2.75) is 0 Å². The molecule has 82 valence electrons. The molecule has 0 unspecified atom stereocenters. The lowest BCUT2D eigenvalue weighted by Crippen LogP contribution is -1.93. The average molecular weight is 257 g/mol. The molecular weight excluding hydrogens is 252 g/mol. The molecule has 0 radical (unpaired) electrons. The molecule has 0 amide bonds. The highest BCUT2D eigenvalue weighted by Gasteiger charge is 2.21. The van der Waals surface area contributed by atoms with Crippen LogP contribution < -0.4 is 9.47 Å². The van der Waals surface area contributed by atoms with Crippen molar-refractivity contribution >= 4 is 39.0 Å². The summed E-state index contributed by atoms with van der Waals surface area (Å²) in [6.07, 6.45) is 0. The molecule has 2 heterocycles. The molecule has 0 saturated heterocycles. The van der Waals surface area contributed by atoms with Crippen molar-refractivity contribution < 1.29 is 19.4 Å². The van der Waals surface area contributed by atoms with Gasteiger partial charge >= 0.3 is 5.97 Å². The highest BCUT2D eigenvalue weighted by molar-refractivity contribution is 7.21. The second-order valence-corrected chi connectivity index (χ2v) is 4.68. The van der Waals surface area contributed by atoms with Gasteiger partial charge in [-0.05, 0) is 6.07 Å². The van der Waals surface area contributed by atoms with Gasteiger partial charge in [-0.2, -0.15) is 0 Å². The van der Waals surface area contributed by atoms with Crippen LogP contribution in [0.3, 0.4) is 0 Å². The first-order valence-corrected chi connectivity index (χ1v) is 5.61. The van der Waals surface area contributed by atoms with Gasteiger partial charge in [0.15, 0.2) is 11.5 Å². The smallest absolute Gasteiger partial charge is 0.347 e. The average Bonchev–Trinajstić information content (AvgIpc) is 2.80. The van der Waals surface area contributed by atoms with Crippen molar-refractivity contribution in [2.24, 2.45) is 0 Å². The Balaban J connectivity index is 2.32. The van der Waals surface area contributed by atoms with E-state index in [1.807, 2.05) is 0 Å². The van der Waals surface area contributed by atoms with Crippen molar-refractivity contribution in [3.8, 4) is 11.5 Å². The van der Waals surface area contributed by atoms with E-state index >= 15 is 0 Å². The molecule has 0 spiro atoms. The molecule has 4 nitrogen and oxygen atoms in total. The normalized spacial score (nSPS) is 13.3. The second-order valence-electron chi connectivity index (χ2n) is 3.25. The molecule has 1 aliphatic rings. The van der Waals surface area contributed by atoms with Crippen LogP contribution in [0.2, 0.25) is 5.02 Å². The maximum absolute atomic E-state index is 10.9. The maximum Gasteiger partial charge on any atom is 0.347 e. The Bertz CT molecular complexity index is 604. The van der Waals surface area contributed by atoms with Crippen molar-refractivity contribution in [3.63, 3.8) is 0 Å². The Morgan fingerprint density at radius 1 is 1.38 bits per heavy atom. The van der Waals surface area contributed by atoms with Gasteiger partial charge in [-0.1, -0.05) is 11.6 Å². The molecule has 1 aromatic carbocycles. The predicted octanol–water partition coefficient (Wildman–Crippen LogP) is 2.98. The summed E-state index contributed by atoms with van der Waals surface area (Å²) in [6, 6.07) is 3.46. The first-order chi connectivity index (χ1) is 7.66. The van der Waals surface area contributed by atoms with Crippen LogP contribution >= 0.6 is 22.9 Å². The van der Waals surface area contributed by atoms with Gasteiger partial charge < -0.3 is 14.6 Å². The van der Waals surface area contributed by atoms with E-state index in [4.69, 9.17) is 26.2 Å². The number of ether oxygens (including phenoxy) is 2. The van der Waals surface area contributed by atoms with Crippen molar-refractivity contribution in [1.82, 2.24) is 0 Å². The number of hydrogen-bond acceptors (Lipinski definition) is 4. The molecule has 0 atom stereocenters. The van der Waals surface area contributed by atoms with Crippen molar-refractivity contribution in [1.29, 1.82) is 0 Å². The number of carboxylic acid groups (broad SMARTS) is 1. The van der Waals surface area contributed by atoms with E-state index in [0.29, 0.717) is 16.9 Å². The minimum absolute atomic E-state index is 0.139. The van der Waals surface area contributed by atoms with Crippen molar-refractivity contribution in [3.05, 3.63) is 22.0 Å². The van der Waals surface area contributed by atoms with E-state index in [9.17, 15) is 4.79 Å². The van der Waals surface area contributed by atoms with Crippen LogP contribution in [-0.2, 0) is 0 Å². The summed E-state index contributed by atoms with van der Waals surface area (Å²) in [6.45, 7) is 0.190. The second kappa shape index (κ2) is 3.26. The van der Waals surface area contributed by atoms with Gasteiger partial charge in [0.25, 0.3) is 0 Å². The van der Waals surface area contributed by atoms with Gasteiger partial charge in [-0.3, -0.25) is 0 Å². The number of fused-ring (bicyclic) bond motifs is 2. The Labute approximate surface area is 99.0 Å². The van der Waals surface area contributed by atoms with E-state index < -0.39 is 5.97 Å². The molecule has 0 bridgehead atoms. The molecule has 1 aromatic heterocycles. The Kier molecular flexibility index (Phi) is 1.99. The highest BCUT2D eigenvalue weighted by atomic mass is 35.5. The number of carbonyl (C=O) groups is 1. The third-order valence-corrected chi connectivity index (χ3v) is 3.96. The monoisotopic (exact) mass is 256 g/mol. The van der Waals surface area contributed by atoms with E-state index in [1.54, 1.807) is 12.1 Å². The molecule has 1 aliphatic heterocycles. The summed E-state index contributed by atoms with van der Waals surface area (Å²) in [7, 11) is 0. The molecule has 2 aromatic rings. The topological polar surface area (TPSA) is 55.8 Å². The number of halogens is 1. The summed E-state index contributed by atoms with van der Waals surface area (Å²) in [5.74, 6) is 0.208. The van der Waals surface area contributed by atoms with Crippen LogP contribution in [0.25, 0.3) is 10.1 Å². The standard InChI is InChI=1S/C10H5ClO4S/c11-8-4-1-5-6(15-3-14-5)2-7(4)16-9(8)10(12)13/h1-2H,3H2,(H,12,13). The lowest BCUT2D eigenvalue weighted by Gasteiger charge is -1.95. The Morgan fingerprint density at radius 3 is 2.75 bits per heavy atom. The third-order valence-electron chi connectivity index (χ3n) is 2.32. The van der Waals surface area contributed by atoms with E-state index in [1.165, 1.54) is 0 Å². The molecule has 0 aliphatic carbocycles. The van der Waals surface area contributed by atoms with Gasteiger partial charge in [0.2, 0.25) is 6.79 Å². The molecular formula is C10H5ClO4S. The fourth-order valence-electron chi connectivity index (χ4n) is 1.59. The van der Waals surface area contributed by atoms with Crippen molar-refractivity contribution in [2.75, 3.05) is 6.79 Å². The summed E-state index contributed by atoms with van der Waals surface area (Å²) >= 11 is 7.12. The Morgan fingerprint density at radius 2 is 2.06 bits per heavy atom. The zero-order valence-electron chi connectivity index (χ0n) is 7.82. The number of benzene rings is 1. The number of aromatic carboxylic acids is 1. The predicted molar refractivity (Wildman–Crippen MR) is 59.9 cm³/mol. The molecule has 1 N–H and O–H groups in total. The van der Waals surface area contributed by atoms with Crippen LogP contribution in [0.5, 0.6) is 11.5 Å². The fourth-order valence-corrected chi connectivity index (χ4v) is 2.95. The molecule has 16 heavy (non-hydrogen) atoms. The summed E-state index contributed by atoms with van der Waals surface area (Å²) in [4.78, 5) is 11.0. The number of rotatable bonds is 1. The SMILES string of the molecule is O=C(O)c1sc2cc3c(cc2c1Cl)OCO3. The van der Waals surface area contributed by atoms with Gasteiger partial charge in [0.05, 0.1) is 5.02 Å². The summed E-state index contributed by atoms with van der Waals surface area (Å²) in [5, 5.41) is 9.88. The van der Waals surface area contributed by atoms with E-state index in [2.05, 4.69) is 0 Å². The van der Waals surface area contributed by atoms with Crippen LogP contribution in [0.4, 0.5) is 0 Å². The molecule has 3 rings (SSSR count). The molecule has 6 heteroatoms. The quantitative estimate of drug-likeness (QED) is 0.852. The maximum atomic E-state index is 10.9. The number of thiophene rings is 1. The number of carboxylic acids is 1. The third kappa shape index (κ3) is 1.25. The first kappa shape index (κ1) is 9.74. The Hall–Kier alpha value is -1.46. The van der Waals surface area contributed by atoms with E-state index in [0.717, 1.165) is 16.0 Å². The largest absolute Gasteiger partial charge is 0.477 e. The van der Waals surface area contributed by atoms with Gasteiger partial charge in [-0.15, -0.1) is 11.3 Å². The number of hydrogen-bond donors (Lipinski definition) is 1. The lowest BCUT2D eigenvalue weighted by atomic mass is 10.2. The summed E-state index contributed by atoms with van der Waals surface area (Å²) in [5.41, 5.74) is 0. The van der Waals surface area contributed by atoms with Crippen LogP contribution in [0.15, 0.2) is 12.1 Å².